The van der Waals surface area contributed by atoms with Gasteiger partial charge in [0.05, 0.1) is 0 Å². The first-order valence-electron chi connectivity index (χ1n) is 61.9. The minimum absolute atomic E-state index is 0.133. The summed E-state index contributed by atoms with van der Waals surface area (Å²) in [5.41, 5.74) is 30.7. The summed E-state index contributed by atoms with van der Waals surface area (Å²) in [5, 5.41) is 0. The van der Waals surface area contributed by atoms with E-state index < -0.39 is 32.9 Å². The minimum Gasteiger partial charge on any atom is -0.316 e. The molecule has 24 rings (SSSR count). The highest BCUT2D eigenvalue weighted by atomic mass is 28.3. The van der Waals surface area contributed by atoms with Crippen molar-refractivity contribution in [3.63, 3.8) is 0 Å². The molecular weight excluding hydrogens is 1800 g/mol. The van der Waals surface area contributed by atoms with Crippen molar-refractivity contribution in [3.8, 4) is 0 Å². The molecule has 16 unspecified atom stereocenters. The fourth-order valence-corrected chi connectivity index (χ4v) is 72.1. The smallest absolute Gasteiger partial charge is 0.133 e. The summed E-state index contributed by atoms with van der Waals surface area (Å²) >= 11 is 0. The highest BCUT2D eigenvalue weighted by molar-refractivity contribution is 6.81. The zero-order chi connectivity index (χ0) is 101. The number of hydrogen-bond acceptors (Lipinski definition) is 4. The monoisotopic (exact) mass is 2010 g/mol. The Morgan fingerprint density at radius 2 is 0.521 bits per heavy atom. The predicted molar refractivity (Wildman–Crippen MR) is 631 cm³/mol. The van der Waals surface area contributed by atoms with Crippen molar-refractivity contribution in [2.75, 3.05) is 0 Å². The van der Waals surface area contributed by atoms with Gasteiger partial charge in [-0.05, 0) is 384 Å². The number of allylic oxidation sites excluding steroid dienone is 16. The van der Waals surface area contributed by atoms with Gasteiger partial charge in [-0.2, -0.15) is 0 Å². The number of nitrogens with zero attached hydrogens (tertiary/aromatic N) is 4. The molecule has 0 radical (unpaired) electrons. The van der Waals surface area contributed by atoms with E-state index in [1.165, 1.54) is 253 Å². The Morgan fingerprint density at radius 1 is 0.236 bits per heavy atom. The maximum Gasteiger partial charge on any atom is 0.133 e. The lowest BCUT2D eigenvalue weighted by molar-refractivity contribution is 0.132. The highest BCUT2D eigenvalue weighted by Crippen LogP contribution is 2.71. The molecule has 12 fully saturated rings. The average molecular weight is 2010 g/mol. The topological polar surface area (TPSA) is 13.0 Å². The van der Waals surface area contributed by atoms with Gasteiger partial charge in [0.2, 0.25) is 0 Å². The van der Waals surface area contributed by atoms with Crippen LogP contribution in [0.25, 0.3) is 22.3 Å². The standard InChI is InChI=1S/C35H53NSi.2C34H51NSi.C33H49NSi/c1-24-25(2)33(30-22-29-27-18-12-13-19-31(27)35(6,7)32(29)23-28(24)30)37(20-14-9-15-21-37)36(34(3,4)5)26-16-10-8-11-17-26;1-24-21-25-22-31-29(27-17-11-12-18-30(27)34(31,5)6)23-28(25)32(24)36(19-13-8-14-20-36)35(33(2,3)4)26-15-9-7-10-16-26;1-24-21-32(29-22-28-26-17-11-12-18-30(26)34(5,6)31(28)23-27(24)29)36(19-13-8-14-20-36)35(33(2,3)4)25-15-9-7-10-16-25;1-32(2,3)34(25-14-8-6-9-15-25)35(20-12-7-13-21-35)31-19-18-24-22-30-28(23-27(24)31)26-16-10-11-17-29(26)33(30,4)5/h12-13,18-19,22-26,28,30,33H,8-11,14-17,20-21H2,1-7H3;11-12,17-18,22-26,28,32H,7-10,13-16,19-21H2,1-6H3;11-12,17-18,22-25,27,29,32H,7-10,13-16,19-21H2,1-6H3;10-11,16-17,22-25,27,31H,6-9,12-15,18-21H2,1-5H3. The molecule has 4 nitrogen and oxygen atoms in total. The van der Waals surface area contributed by atoms with E-state index >= 15 is 0 Å². The SMILES string of the molecule is CC1(C)C2=CC3CCC([Si]4(N(C5CCCCC5)C(C)(C)C)CCCCC4)C3C=C2c2ccccc21.CC1C(C)C([Si]2(N(C3CCCCC3)C(C)(C)C)CCCCC2)C2C=C3C(=CC12)C(C)(C)c1ccccc13.CC1CC([Si]2(N(C3CCCCC3)C(C)(C)C)CCCCC2)C2C=C3C(=CC12)C(C)(C)c1ccccc13.CC1CC2C=C3C(=CC2C1[Si]1(N(C2CCCCC2)C(C)(C)C)CCCCC1)c1ccccc1C3(C)C. The summed E-state index contributed by atoms with van der Waals surface area (Å²) < 4.78 is 13.2. The first kappa shape index (κ1) is 105. The van der Waals surface area contributed by atoms with Crippen molar-refractivity contribution in [2.45, 2.75) is 536 Å². The quantitative estimate of drug-likeness (QED) is 0.131. The van der Waals surface area contributed by atoms with Crippen LogP contribution in [0.15, 0.2) is 168 Å². The lowest BCUT2D eigenvalue weighted by Crippen LogP contribution is -2.68. The van der Waals surface area contributed by atoms with E-state index in [0.717, 1.165) is 111 Å². The highest BCUT2D eigenvalue weighted by Gasteiger charge is 2.67. The van der Waals surface area contributed by atoms with Crippen LogP contribution in [-0.2, 0) is 21.7 Å². The maximum atomic E-state index is 3.32. The third kappa shape index (κ3) is 18.1. The van der Waals surface area contributed by atoms with Gasteiger partial charge in [-0.15, -0.1) is 0 Å². The van der Waals surface area contributed by atoms with Crippen LogP contribution >= 0.6 is 0 Å². The second kappa shape index (κ2) is 40.1. The molecule has 4 aliphatic heterocycles. The second-order valence-electron chi connectivity index (χ2n) is 59.1. The Kier molecular flexibility index (Phi) is 29.3. The van der Waals surface area contributed by atoms with E-state index in [2.05, 4.69) is 330 Å². The Labute approximate surface area is 886 Å². The van der Waals surface area contributed by atoms with Crippen molar-refractivity contribution in [1.82, 2.24) is 18.3 Å². The summed E-state index contributed by atoms with van der Waals surface area (Å²) in [6, 6.07) is 53.1. The summed E-state index contributed by atoms with van der Waals surface area (Å²) in [7, 11) is -6.70. The van der Waals surface area contributed by atoms with Crippen molar-refractivity contribution in [2.24, 2.45) is 71.0 Å². The van der Waals surface area contributed by atoms with Crippen LogP contribution in [-0.4, -0.2) is 97.5 Å². The van der Waals surface area contributed by atoms with Crippen LogP contribution in [0, 0.1) is 71.0 Å². The van der Waals surface area contributed by atoms with Gasteiger partial charge in [-0.3, -0.25) is 0 Å². The lowest BCUT2D eigenvalue weighted by atomic mass is 9.75. The van der Waals surface area contributed by atoms with E-state index in [-0.39, 0.29) is 38.3 Å². The number of hydrogen-bond donors (Lipinski definition) is 0. The fourth-order valence-electron chi connectivity index (χ4n) is 40.6. The molecule has 0 bridgehead atoms. The molecule has 20 aliphatic rings. The summed E-state index contributed by atoms with van der Waals surface area (Å²) in [6.45, 7) is 61.3. The van der Waals surface area contributed by atoms with Crippen molar-refractivity contribution in [1.29, 1.82) is 0 Å². The van der Waals surface area contributed by atoms with Crippen molar-refractivity contribution < 1.29 is 0 Å². The van der Waals surface area contributed by atoms with E-state index in [1.54, 1.807) is 115 Å². The van der Waals surface area contributed by atoms with Gasteiger partial charge in [-0.1, -0.05) is 389 Å². The number of rotatable bonds is 12. The first-order valence-corrected chi connectivity index (χ1v) is 71.7. The molecule has 4 heterocycles. The molecule has 784 valence electrons. The molecule has 4 aromatic carbocycles. The third-order valence-corrected chi connectivity index (χ3v) is 71.5. The average Bonchev–Trinajstić information content (AvgIpc) is 1.54. The largest absolute Gasteiger partial charge is 0.316 e. The van der Waals surface area contributed by atoms with Gasteiger partial charge in [-0.25, -0.2) is 0 Å². The van der Waals surface area contributed by atoms with Gasteiger partial charge in [0, 0.05) is 68.0 Å². The molecule has 4 aromatic rings. The van der Waals surface area contributed by atoms with Crippen LogP contribution in [0.2, 0.25) is 70.5 Å². The molecule has 0 N–H and O–H groups in total. The number of benzene rings is 4. The summed E-state index contributed by atoms with van der Waals surface area (Å²) in [6.07, 6.45) is 75.3. The molecule has 0 amide bonds. The van der Waals surface area contributed by atoms with E-state index in [0.29, 0.717) is 11.5 Å². The zero-order valence-corrected chi connectivity index (χ0v) is 100. The molecule has 16 aliphatic carbocycles. The molecule has 16 atom stereocenters. The Bertz CT molecular complexity index is 5510. The molecule has 4 saturated heterocycles. The normalized spacial score (nSPS) is 33.5. The molecule has 144 heavy (non-hydrogen) atoms. The van der Waals surface area contributed by atoms with Gasteiger partial charge in [0.1, 0.15) is 32.9 Å². The molecule has 0 aromatic heterocycles. The predicted octanol–water partition coefficient (Wildman–Crippen LogP) is 38.0. The summed E-state index contributed by atoms with van der Waals surface area (Å²) in [4.78, 5) is 0. The maximum absolute atomic E-state index is 3.32. The fraction of sp³-hybridized carbons (Fsp3) is 0.706. The van der Waals surface area contributed by atoms with Crippen LogP contribution in [0.5, 0.6) is 0 Å². The van der Waals surface area contributed by atoms with E-state index in [4.69, 9.17) is 0 Å². The van der Waals surface area contributed by atoms with Crippen LogP contribution in [0.1, 0.15) is 442 Å². The molecular formula is C136H204N4Si4. The van der Waals surface area contributed by atoms with Gasteiger partial charge >= 0.3 is 0 Å². The zero-order valence-electron chi connectivity index (χ0n) is 96.3. The van der Waals surface area contributed by atoms with Crippen LogP contribution in [0.4, 0.5) is 0 Å². The van der Waals surface area contributed by atoms with Crippen LogP contribution < -0.4 is 0 Å². The van der Waals surface area contributed by atoms with Crippen molar-refractivity contribution in [3.05, 3.63) is 212 Å². The van der Waals surface area contributed by atoms with Crippen molar-refractivity contribution >= 4 is 55.2 Å². The minimum atomic E-state index is -1.73. The molecule has 0 spiro atoms. The molecule has 8 heteroatoms. The lowest BCUT2D eigenvalue weighted by Gasteiger charge is -2.60. The van der Waals surface area contributed by atoms with Gasteiger partial charge < -0.3 is 18.3 Å². The van der Waals surface area contributed by atoms with E-state index in [1.807, 2.05) is 0 Å². The van der Waals surface area contributed by atoms with Gasteiger partial charge in [0.15, 0.2) is 0 Å². The summed E-state index contributed by atoms with van der Waals surface area (Å²) in [5.74, 6) is 9.22. The van der Waals surface area contributed by atoms with Gasteiger partial charge in [0.25, 0.3) is 0 Å². The Hall–Kier alpha value is -4.49. The molecule has 8 saturated carbocycles. The number of fused-ring (bicyclic) bond motifs is 16. The Balaban J connectivity index is 0.000000113. The first-order chi connectivity index (χ1) is 68.6. The van der Waals surface area contributed by atoms with E-state index in [9.17, 15) is 0 Å². The third-order valence-electron chi connectivity index (χ3n) is 45.4. The van der Waals surface area contributed by atoms with Crippen LogP contribution in [0.3, 0.4) is 0 Å². The Morgan fingerprint density at radius 3 is 0.882 bits per heavy atom. The second-order valence-corrected chi connectivity index (χ2v) is 76.7.